The van der Waals surface area contributed by atoms with Gasteiger partial charge in [0.05, 0.1) is 16.3 Å². The number of rotatable bonds is 5. The van der Waals surface area contributed by atoms with Gasteiger partial charge in [-0.05, 0) is 42.7 Å². The summed E-state index contributed by atoms with van der Waals surface area (Å²) in [7, 11) is -3.70. The molecule has 0 radical (unpaired) electrons. The lowest BCUT2D eigenvalue weighted by Crippen LogP contribution is -2.23. The predicted molar refractivity (Wildman–Crippen MR) is 106 cm³/mol. The fourth-order valence-corrected chi connectivity index (χ4v) is 3.96. The van der Waals surface area contributed by atoms with Crippen molar-refractivity contribution < 1.29 is 13.2 Å². The quantitative estimate of drug-likeness (QED) is 0.653. The molecule has 7 nitrogen and oxygen atoms in total. The van der Waals surface area contributed by atoms with E-state index in [2.05, 4.69) is 4.98 Å². The monoisotopic (exact) mass is 384 g/mol. The number of anilines is 1. The van der Waals surface area contributed by atoms with Crippen LogP contribution >= 0.6 is 0 Å². The maximum Gasteiger partial charge on any atom is 0.244 e. The van der Waals surface area contributed by atoms with Crippen molar-refractivity contribution in [2.45, 2.75) is 19.1 Å². The first kappa shape index (κ1) is 18.7. The summed E-state index contributed by atoms with van der Waals surface area (Å²) in [6.07, 6.45) is 1.32. The summed E-state index contributed by atoms with van der Waals surface area (Å²) in [6, 6.07) is 14.3. The number of carbonyl (C=O) groups excluding carboxylic acids is 1. The van der Waals surface area contributed by atoms with Gasteiger partial charge in [0.1, 0.15) is 0 Å². The van der Waals surface area contributed by atoms with Crippen molar-refractivity contribution >= 4 is 38.5 Å². The van der Waals surface area contributed by atoms with Gasteiger partial charge < -0.3 is 11.5 Å². The Morgan fingerprint density at radius 1 is 1.11 bits per heavy atom. The number of primary amides is 1. The van der Waals surface area contributed by atoms with Crippen LogP contribution in [0.3, 0.4) is 0 Å². The van der Waals surface area contributed by atoms with E-state index >= 15 is 0 Å². The second-order valence-electron chi connectivity index (χ2n) is 6.36. The van der Waals surface area contributed by atoms with E-state index in [0.29, 0.717) is 22.2 Å². The third-order valence-corrected chi connectivity index (χ3v) is 6.25. The fourth-order valence-electron chi connectivity index (χ4n) is 2.81. The largest absolute Gasteiger partial charge is 0.368 e. The molecule has 0 spiro atoms. The van der Waals surface area contributed by atoms with Crippen molar-refractivity contribution in [2.24, 2.45) is 5.73 Å². The molecule has 1 aromatic heterocycles. The maximum absolute atomic E-state index is 12.7. The maximum atomic E-state index is 12.7. The number of carbonyl (C=O) groups is 1. The lowest BCUT2D eigenvalue weighted by molar-refractivity contribution is -0.113. The Bertz CT molecular complexity index is 1150. The second kappa shape index (κ2) is 6.88. The molecule has 0 fully saturated rings. The number of aromatic nitrogens is 2. The average Bonchev–Trinajstić information content (AvgIpc) is 2.95. The minimum absolute atomic E-state index is 0.101. The van der Waals surface area contributed by atoms with Gasteiger partial charge in [0.25, 0.3) is 0 Å². The van der Waals surface area contributed by atoms with Crippen LogP contribution in [0.4, 0.5) is 5.95 Å². The number of imidazole rings is 1. The van der Waals surface area contributed by atoms with Crippen LogP contribution in [-0.2, 0) is 14.8 Å². The van der Waals surface area contributed by atoms with E-state index in [0.717, 1.165) is 9.54 Å². The molecule has 0 aliphatic rings. The van der Waals surface area contributed by atoms with Gasteiger partial charge in [0.15, 0.2) is 0 Å². The number of hydrogen-bond donors (Lipinski definition) is 2. The normalized spacial score (nSPS) is 12.6. The molecule has 27 heavy (non-hydrogen) atoms. The molecular formula is C19H20N4O3S. The van der Waals surface area contributed by atoms with E-state index < -0.39 is 21.2 Å². The van der Waals surface area contributed by atoms with Crippen LogP contribution in [0.15, 0.2) is 54.6 Å². The zero-order valence-corrected chi connectivity index (χ0v) is 15.8. The minimum Gasteiger partial charge on any atom is -0.368 e. The molecule has 140 valence electrons. The highest BCUT2D eigenvalue weighted by molar-refractivity contribution is 7.90. The van der Waals surface area contributed by atoms with Gasteiger partial charge >= 0.3 is 0 Å². The molecule has 3 rings (SSSR count). The number of nitrogen functional groups attached to an aromatic ring is 1. The summed E-state index contributed by atoms with van der Waals surface area (Å²) >= 11 is 0. The summed E-state index contributed by atoms with van der Waals surface area (Å²) in [5, 5.41) is -0.671. The number of fused-ring (bicyclic) bond motifs is 1. The average molecular weight is 384 g/mol. The highest BCUT2D eigenvalue weighted by Crippen LogP contribution is 2.29. The van der Waals surface area contributed by atoms with Crippen molar-refractivity contribution in [2.75, 3.05) is 5.73 Å². The van der Waals surface area contributed by atoms with Crippen LogP contribution < -0.4 is 11.5 Å². The molecule has 1 amide bonds. The predicted octanol–water partition coefficient (Wildman–Crippen LogP) is 2.12. The summed E-state index contributed by atoms with van der Waals surface area (Å²) < 4.78 is 26.5. The van der Waals surface area contributed by atoms with Crippen molar-refractivity contribution in [3.05, 3.63) is 65.7 Å². The van der Waals surface area contributed by atoms with Gasteiger partial charge in [0.2, 0.25) is 21.9 Å². The molecule has 0 bridgehead atoms. The lowest BCUT2D eigenvalue weighted by atomic mass is 9.97. The second-order valence-corrected chi connectivity index (χ2v) is 8.70. The molecule has 4 N–H and O–H groups in total. The fraction of sp³-hybridized carbons (Fsp3) is 0.158. The van der Waals surface area contributed by atoms with Gasteiger partial charge in [0, 0.05) is 6.08 Å². The molecule has 0 aliphatic carbocycles. The zero-order valence-electron chi connectivity index (χ0n) is 15.0. The summed E-state index contributed by atoms with van der Waals surface area (Å²) in [6.45, 7) is 3.15. The van der Waals surface area contributed by atoms with Gasteiger partial charge in [-0.3, -0.25) is 4.79 Å². The molecular weight excluding hydrogens is 364 g/mol. The summed E-state index contributed by atoms with van der Waals surface area (Å²) in [4.78, 5) is 15.7. The van der Waals surface area contributed by atoms with Crippen molar-refractivity contribution in [1.82, 2.24) is 8.96 Å². The van der Waals surface area contributed by atoms with Gasteiger partial charge in [-0.25, -0.2) is 17.4 Å². The highest BCUT2D eigenvalue weighted by Gasteiger charge is 2.24. The van der Waals surface area contributed by atoms with E-state index in [1.807, 2.05) is 30.3 Å². The molecule has 0 saturated heterocycles. The van der Waals surface area contributed by atoms with E-state index in [1.54, 1.807) is 32.0 Å². The SMILES string of the molecule is CC(C)S(=O)(=O)n1c(N)nc2ccc(/C(=C/C(N)=O)c3ccccc3)cc21. The zero-order chi connectivity index (χ0) is 19.8. The van der Waals surface area contributed by atoms with Crippen LogP contribution in [0, 0.1) is 0 Å². The van der Waals surface area contributed by atoms with Crippen LogP contribution in [-0.4, -0.2) is 28.5 Å². The van der Waals surface area contributed by atoms with Crippen LogP contribution in [0.2, 0.25) is 0 Å². The Hall–Kier alpha value is -3.13. The molecule has 0 saturated carbocycles. The van der Waals surface area contributed by atoms with Gasteiger partial charge in [-0.15, -0.1) is 0 Å². The Morgan fingerprint density at radius 2 is 1.78 bits per heavy atom. The summed E-state index contributed by atoms with van der Waals surface area (Å²) in [5.41, 5.74) is 14.0. The first-order valence-electron chi connectivity index (χ1n) is 8.31. The number of amides is 1. The minimum atomic E-state index is -3.70. The van der Waals surface area contributed by atoms with Crippen LogP contribution in [0.25, 0.3) is 16.6 Å². The number of nitrogens with zero attached hydrogens (tertiary/aromatic N) is 2. The topological polar surface area (TPSA) is 121 Å². The van der Waals surface area contributed by atoms with E-state index in [4.69, 9.17) is 11.5 Å². The van der Waals surface area contributed by atoms with Crippen LogP contribution in [0.5, 0.6) is 0 Å². The first-order chi connectivity index (χ1) is 12.7. The number of hydrogen-bond acceptors (Lipinski definition) is 5. The van der Waals surface area contributed by atoms with Crippen molar-refractivity contribution in [3.8, 4) is 0 Å². The summed E-state index contributed by atoms with van der Waals surface area (Å²) in [5.74, 6) is -0.701. The Labute approximate surface area is 157 Å². The number of nitrogens with two attached hydrogens (primary N) is 2. The van der Waals surface area contributed by atoms with Crippen molar-refractivity contribution in [1.29, 1.82) is 0 Å². The standard InChI is InChI=1S/C19H20N4O3S/c1-12(2)27(25,26)23-17-10-14(8-9-16(17)22-19(23)21)15(11-18(20)24)13-6-4-3-5-7-13/h3-12H,1-2H3,(H2,20,24)(H2,21,22)/b15-11+. The number of benzene rings is 2. The van der Waals surface area contributed by atoms with Crippen molar-refractivity contribution in [3.63, 3.8) is 0 Å². The van der Waals surface area contributed by atoms with Gasteiger partial charge in [-0.2, -0.15) is 0 Å². The Balaban J connectivity index is 2.28. The molecule has 0 aliphatic heterocycles. The Kier molecular flexibility index (Phi) is 4.75. The molecule has 0 unspecified atom stereocenters. The third-order valence-electron chi connectivity index (χ3n) is 4.17. The molecule has 0 atom stereocenters. The van der Waals surface area contributed by atoms with E-state index in [1.165, 1.54) is 6.08 Å². The van der Waals surface area contributed by atoms with Gasteiger partial charge in [-0.1, -0.05) is 36.4 Å². The van der Waals surface area contributed by atoms with E-state index in [-0.39, 0.29) is 5.95 Å². The third kappa shape index (κ3) is 3.43. The lowest BCUT2D eigenvalue weighted by Gasteiger charge is -2.12. The smallest absolute Gasteiger partial charge is 0.244 e. The van der Waals surface area contributed by atoms with E-state index in [9.17, 15) is 13.2 Å². The molecule has 2 aromatic carbocycles. The van der Waals surface area contributed by atoms with Crippen LogP contribution in [0.1, 0.15) is 25.0 Å². The Morgan fingerprint density at radius 3 is 2.37 bits per heavy atom. The highest BCUT2D eigenvalue weighted by atomic mass is 32.2. The molecule has 3 aromatic rings. The first-order valence-corrected chi connectivity index (χ1v) is 9.81. The molecule has 1 heterocycles. The molecule has 8 heteroatoms.